The van der Waals surface area contributed by atoms with Crippen molar-refractivity contribution in [2.45, 2.75) is 31.8 Å². The maximum absolute atomic E-state index is 14.2. The highest BCUT2D eigenvalue weighted by Gasteiger charge is 2.41. The van der Waals surface area contributed by atoms with Gasteiger partial charge in [-0.15, -0.1) is 0 Å². The Balaban J connectivity index is 1.62. The highest BCUT2D eigenvalue weighted by molar-refractivity contribution is 5.86. The molecule has 0 spiro atoms. The Hall–Kier alpha value is -1.96. The highest BCUT2D eigenvalue weighted by Crippen LogP contribution is 2.29. The number of halogens is 1. The second-order valence-electron chi connectivity index (χ2n) is 6.60. The molecule has 3 saturated heterocycles. The summed E-state index contributed by atoms with van der Waals surface area (Å²) in [5, 5.41) is 0. The minimum atomic E-state index is -0.431. The Bertz CT molecular complexity index is 637. The summed E-state index contributed by atoms with van der Waals surface area (Å²) in [6, 6.07) is -0.100. The Morgan fingerprint density at radius 2 is 2.04 bits per heavy atom. The summed E-state index contributed by atoms with van der Waals surface area (Å²) >= 11 is 0. The molecule has 0 aliphatic carbocycles. The molecule has 3 fully saturated rings. The number of anilines is 2. The lowest BCUT2D eigenvalue weighted by atomic mass is 10.1. The van der Waals surface area contributed by atoms with Gasteiger partial charge in [0.25, 0.3) is 0 Å². The summed E-state index contributed by atoms with van der Waals surface area (Å²) in [4.78, 5) is 27.0. The minimum absolute atomic E-state index is 0.115. The smallest absolute Gasteiger partial charge is 0.245 e. The van der Waals surface area contributed by atoms with Crippen LogP contribution in [0.2, 0.25) is 0 Å². The van der Waals surface area contributed by atoms with Gasteiger partial charge in [0.1, 0.15) is 6.04 Å². The second-order valence-corrected chi connectivity index (χ2v) is 6.60. The topological polar surface area (TPSA) is 61.8 Å². The quantitative estimate of drug-likeness (QED) is 0.791. The van der Waals surface area contributed by atoms with Gasteiger partial charge in [-0.3, -0.25) is 4.79 Å². The predicted octanol–water partition coefficient (Wildman–Crippen LogP) is 0.652. The van der Waals surface area contributed by atoms with Crippen molar-refractivity contribution >= 4 is 17.7 Å². The van der Waals surface area contributed by atoms with E-state index in [1.165, 1.54) is 6.20 Å². The van der Waals surface area contributed by atoms with E-state index in [0.717, 1.165) is 19.4 Å². The third kappa shape index (κ3) is 2.58. The maximum atomic E-state index is 14.2. The molecule has 0 saturated carbocycles. The Labute approximate surface area is 140 Å². The van der Waals surface area contributed by atoms with E-state index in [1.54, 1.807) is 0 Å². The van der Waals surface area contributed by atoms with E-state index in [1.807, 2.05) is 21.6 Å². The van der Waals surface area contributed by atoms with Crippen molar-refractivity contribution in [3.63, 3.8) is 0 Å². The van der Waals surface area contributed by atoms with Crippen LogP contribution < -0.4 is 9.80 Å². The number of carbonyl (C=O) groups is 1. The number of ether oxygens (including phenoxy) is 1. The molecule has 1 amide bonds. The molecule has 0 aromatic carbocycles. The van der Waals surface area contributed by atoms with Gasteiger partial charge < -0.3 is 19.4 Å². The Kier molecular flexibility index (Phi) is 3.99. The molecule has 1 aromatic rings. The van der Waals surface area contributed by atoms with Crippen LogP contribution in [0, 0.1) is 5.82 Å². The van der Waals surface area contributed by atoms with Crippen molar-refractivity contribution in [2.24, 2.45) is 0 Å². The molecule has 0 N–H and O–H groups in total. The first-order chi connectivity index (χ1) is 11.6. The first kappa shape index (κ1) is 15.6. The predicted molar refractivity (Wildman–Crippen MR) is 86.6 cm³/mol. The number of hydrogen-bond acceptors (Lipinski definition) is 6. The number of hydrogen-bond donors (Lipinski definition) is 0. The average Bonchev–Trinajstić information content (AvgIpc) is 3.08. The van der Waals surface area contributed by atoms with Crippen LogP contribution in [0.1, 0.15) is 19.8 Å². The van der Waals surface area contributed by atoms with Crippen LogP contribution in [0.25, 0.3) is 0 Å². The van der Waals surface area contributed by atoms with Gasteiger partial charge in [-0.2, -0.15) is 4.98 Å². The van der Waals surface area contributed by atoms with Gasteiger partial charge in [0.2, 0.25) is 11.9 Å². The summed E-state index contributed by atoms with van der Waals surface area (Å²) < 4.78 is 19.5. The molecule has 0 bridgehead atoms. The van der Waals surface area contributed by atoms with Crippen LogP contribution in [0.15, 0.2) is 6.20 Å². The zero-order valence-electron chi connectivity index (χ0n) is 13.8. The van der Waals surface area contributed by atoms with Gasteiger partial charge in [0.05, 0.1) is 19.4 Å². The van der Waals surface area contributed by atoms with Crippen molar-refractivity contribution in [3.05, 3.63) is 12.0 Å². The van der Waals surface area contributed by atoms with Gasteiger partial charge in [0, 0.05) is 32.2 Å². The molecule has 4 heterocycles. The maximum Gasteiger partial charge on any atom is 0.245 e. The molecule has 1 aromatic heterocycles. The lowest BCUT2D eigenvalue weighted by molar-refractivity contribution is -0.134. The molecule has 0 radical (unpaired) electrons. The lowest BCUT2D eigenvalue weighted by Gasteiger charge is -2.41. The van der Waals surface area contributed by atoms with Gasteiger partial charge in [-0.05, 0) is 19.8 Å². The summed E-state index contributed by atoms with van der Waals surface area (Å²) in [6.07, 6.45) is 3.26. The molecule has 2 atom stereocenters. The summed E-state index contributed by atoms with van der Waals surface area (Å²) in [5.41, 5.74) is 0. The zero-order valence-corrected chi connectivity index (χ0v) is 13.8. The van der Waals surface area contributed by atoms with E-state index in [0.29, 0.717) is 44.6 Å². The number of rotatable bonds is 2. The van der Waals surface area contributed by atoms with Crippen molar-refractivity contribution in [1.29, 1.82) is 0 Å². The normalized spacial score (nSPS) is 27.6. The monoisotopic (exact) mass is 335 g/mol. The molecule has 0 unspecified atom stereocenters. The van der Waals surface area contributed by atoms with Crippen LogP contribution in [0.3, 0.4) is 0 Å². The fourth-order valence-electron chi connectivity index (χ4n) is 3.81. The van der Waals surface area contributed by atoms with Crippen LogP contribution in [-0.2, 0) is 9.53 Å². The number of carbonyl (C=O) groups excluding carboxylic acids is 1. The minimum Gasteiger partial charge on any atom is -0.378 e. The highest BCUT2D eigenvalue weighted by atomic mass is 19.1. The van der Waals surface area contributed by atoms with Crippen LogP contribution in [-0.4, -0.2) is 72.3 Å². The fourth-order valence-corrected chi connectivity index (χ4v) is 3.81. The van der Waals surface area contributed by atoms with E-state index in [-0.39, 0.29) is 18.0 Å². The van der Waals surface area contributed by atoms with Crippen LogP contribution in [0.5, 0.6) is 0 Å². The molecule has 8 heteroatoms. The lowest BCUT2D eigenvalue weighted by Crippen LogP contribution is -2.59. The standard InChI is InChI=1S/C16H22FN5O2/c1-11-15(23)21-4-2-3-12(21)10-22(11)16-18-9-13(17)14(19-16)20-5-7-24-8-6-20/h9,11-12H,2-8,10H2,1H3/t11-,12+/m1/s1. The number of morpholine rings is 1. The van der Waals surface area contributed by atoms with Crippen LogP contribution >= 0.6 is 0 Å². The number of amides is 1. The summed E-state index contributed by atoms with van der Waals surface area (Å²) in [6.45, 7) is 5.77. The van der Waals surface area contributed by atoms with E-state index in [2.05, 4.69) is 9.97 Å². The SMILES string of the molecule is C[C@@H]1C(=O)N2CCC[C@H]2CN1c1ncc(F)c(N2CCOCC2)n1. The molecular formula is C16H22FN5O2. The number of piperazine rings is 1. The molecule has 7 nitrogen and oxygen atoms in total. The van der Waals surface area contributed by atoms with Crippen molar-refractivity contribution in [3.8, 4) is 0 Å². The van der Waals surface area contributed by atoms with E-state index < -0.39 is 5.82 Å². The van der Waals surface area contributed by atoms with Gasteiger partial charge in [-0.25, -0.2) is 9.37 Å². The third-order valence-corrected chi connectivity index (χ3v) is 5.17. The van der Waals surface area contributed by atoms with Gasteiger partial charge >= 0.3 is 0 Å². The van der Waals surface area contributed by atoms with Crippen molar-refractivity contribution in [2.75, 3.05) is 49.2 Å². The first-order valence-electron chi connectivity index (χ1n) is 8.57. The van der Waals surface area contributed by atoms with Gasteiger partial charge in [-0.1, -0.05) is 0 Å². The number of fused-ring (bicyclic) bond motifs is 1. The third-order valence-electron chi connectivity index (χ3n) is 5.17. The van der Waals surface area contributed by atoms with E-state index >= 15 is 0 Å². The van der Waals surface area contributed by atoms with Gasteiger partial charge in [0.15, 0.2) is 11.6 Å². The molecule has 3 aliphatic rings. The molecular weight excluding hydrogens is 313 g/mol. The molecule has 4 rings (SSSR count). The Morgan fingerprint density at radius 3 is 2.83 bits per heavy atom. The first-order valence-corrected chi connectivity index (χ1v) is 8.57. The van der Waals surface area contributed by atoms with E-state index in [4.69, 9.17) is 4.74 Å². The van der Waals surface area contributed by atoms with Crippen LogP contribution in [0.4, 0.5) is 16.2 Å². The van der Waals surface area contributed by atoms with E-state index in [9.17, 15) is 9.18 Å². The summed E-state index contributed by atoms with van der Waals surface area (Å²) in [7, 11) is 0. The van der Waals surface area contributed by atoms with Crippen molar-refractivity contribution < 1.29 is 13.9 Å². The second kappa shape index (κ2) is 6.16. The molecule has 24 heavy (non-hydrogen) atoms. The molecule has 3 aliphatic heterocycles. The zero-order chi connectivity index (χ0) is 16.7. The largest absolute Gasteiger partial charge is 0.378 e. The average molecular weight is 335 g/mol. The number of aromatic nitrogens is 2. The van der Waals surface area contributed by atoms with Crippen molar-refractivity contribution in [1.82, 2.24) is 14.9 Å². The molecule has 130 valence electrons. The summed E-state index contributed by atoms with van der Waals surface area (Å²) in [5.74, 6) is 0.422. The Morgan fingerprint density at radius 1 is 1.25 bits per heavy atom. The fraction of sp³-hybridized carbons (Fsp3) is 0.688. The number of nitrogens with zero attached hydrogens (tertiary/aromatic N) is 5.